The number of sulfonamides is 1. The monoisotopic (exact) mass is 305 g/mol. The number of amides is 1. The molecule has 1 atom stereocenters. The van der Waals surface area contributed by atoms with Crippen LogP contribution in [0.5, 0.6) is 0 Å². The minimum Gasteiger partial charge on any atom is -0.353 e. The first kappa shape index (κ1) is 17.4. The zero-order valence-corrected chi connectivity index (χ0v) is 13.3. The number of piperidine rings is 1. The van der Waals surface area contributed by atoms with Gasteiger partial charge in [-0.15, -0.1) is 0 Å². The average molecular weight is 305 g/mol. The van der Waals surface area contributed by atoms with Crippen molar-refractivity contribution in [3.63, 3.8) is 0 Å². The van der Waals surface area contributed by atoms with Crippen LogP contribution in [0.15, 0.2) is 0 Å². The third kappa shape index (κ3) is 4.71. The molecule has 7 heteroatoms. The molecular formula is C13H27N3O3S. The molecule has 0 radical (unpaired) electrons. The Hall–Kier alpha value is -0.660. The SMILES string of the molecule is CCCS(=O)(=O)N1CCC(NC(=O)C(CC)CN)CC1. The molecule has 1 saturated heterocycles. The van der Waals surface area contributed by atoms with Crippen LogP contribution in [0.2, 0.25) is 0 Å². The molecule has 1 aliphatic rings. The van der Waals surface area contributed by atoms with E-state index in [0.717, 1.165) is 6.42 Å². The predicted molar refractivity (Wildman–Crippen MR) is 79.7 cm³/mol. The van der Waals surface area contributed by atoms with Gasteiger partial charge in [-0.3, -0.25) is 4.79 Å². The first-order valence-electron chi connectivity index (χ1n) is 7.42. The maximum absolute atomic E-state index is 11.9. The summed E-state index contributed by atoms with van der Waals surface area (Å²) in [4.78, 5) is 11.9. The fourth-order valence-corrected chi connectivity index (χ4v) is 3.98. The zero-order chi connectivity index (χ0) is 15.2. The molecule has 1 heterocycles. The third-order valence-corrected chi connectivity index (χ3v) is 5.88. The molecule has 0 spiro atoms. The minimum atomic E-state index is -3.11. The number of nitrogens with zero attached hydrogens (tertiary/aromatic N) is 1. The van der Waals surface area contributed by atoms with Gasteiger partial charge < -0.3 is 11.1 Å². The van der Waals surface area contributed by atoms with Gasteiger partial charge in [-0.2, -0.15) is 0 Å². The van der Waals surface area contributed by atoms with Gasteiger partial charge in [0.25, 0.3) is 0 Å². The first-order valence-corrected chi connectivity index (χ1v) is 9.03. The van der Waals surface area contributed by atoms with Crippen molar-refractivity contribution in [2.45, 2.75) is 45.6 Å². The minimum absolute atomic E-state index is 0.00938. The van der Waals surface area contributed by atoms with Crippen molar-refractivity contribution in [3.8, 4) is 0 Å². The summed E-state index contributed by atoms with van der Waals surface area (Å²) in [5.41, 5.74) is 5.55. The fourth-order valence-electron chi connectivity index (χ4n) is 2.44. The topological polar surface area (TPSA) is 92.5 Å². The first-order chi connectivity index (χ1) is 9.44. The highest BCUT2D eigenvalue weighted by Gasteiger charge is 2.28. The van der Waals surface area contributed by atoms with E-state index in [1.54, 1.807) is 4.31 Å². The molecule has 0 aromatic carbocycles. The van der Waals surface area contributed by atoms with Crippen LogP contribution in [0.4, 0.5) is 0 Å². The second-order valence-electron chi connectivity index (χ2n) is 5.34. The molecule has 6 nitrogen and oxygen atoms in total. The van der Waals surface area contributed by atoms with Crippen LogP contribution in [0.3, 0.4) is 0 Å². The van der Waals surface area contributed by atoms with Gasteiger partial charge in [0.05, 0.1) is 5.75 Å². The summed E-state index contributed by atoms with van der Waals surface area (Å²) in [5.74, 6) is 0.0523. The van der Waals surface area contributed by atoms with Gasteiger partial charge in [0.2, 0.25) is 15.9 Å². The third-order valence-electron chi connectivity index (χ3n) is 3.80. The highest BCUT2D eigenvalue weighted by atomic mass is 32.2. The number of nitrogens with two attached hydrogens (primary N) is 1. The van der Waals surface area contributed by atoms with E-state index in [1.807, 2.05) is 13.8 Å². The van der Waals surface area contributed by atoms with Crippen LogP contribution in [-0.2, 0) is 14.8 Å². The number of rotatable bonds is 7. The summed E-state index contributed by atoms with van der Waals surface area (Å²) < 4.78 is 25.4. The Bertz CT molecular complexity index is 399. The molecule has 0 aliphatic carbocycles. The van der Waals surface area contributed by atoms with E-state index in [1.165, 1.54) is 0 Å². The van der Waals surface area contributed by atoms with Crippen LogP contribution in [-0.4, -0.2) is 50.1 Å². The van der Waals surface area contributed by atoms with Crippen LogP contribution in [0, 0.1) is 5.92 Å². The van der Waals surface area contributed by atoms with Crippen molar-refractivity contribution in [3.05, 3.63) is 0 Å². The van der Waals surface area contributed by atoms with Crippen LogP contribution in [0.1, 0.15) is 39.5 Å². The molecule has 0 aromatic heterocycles. The number of carbonyl (C=O) groups is 1. The molecule has 118 valence electrons. The molecule has 3 N–H and O–H groups in total. The van der Waals surface area contributed by atoms with Gasteiger partial charge in [-0.25, -0.2) is 12.7 Å². The smallest absolute Gasteiger partial charge is 0.224 e. The Kier molecular flexibility index (Phi) is 6.91. The van der Waals surface area contributed by atoms with Crippen LogP contribution < -0.4 is 11.1 Å². The normalized spacial score (nSPS) is 19.8. The lowest BCUT2D eigenvalue weighted by Crippen LogP contribution is -2.48. The summed E-state index contributed by atoms with van der Waals surface area (Å²) in [6.45, 7) is 5.14. The summed E-state index contributed by atoms with van der Waals surface area (Å²) in [7, 11) is -3.11. The number of nitrogens with one attached hydrogen (secondary N) is 1. The van der Waals surface area contributed by atoms with Gasteiger partial charge in [0, 0.05) is 31.6 Å². The Balaban J connectivity index is 2.45. The van der Waals surface area contributed by atoms with E-state index < -0.39 is 10.0 Å². The van der Waals surface area contributed by atoms with Gasteiger partial charge in [-0.1, -0.05) is 13.8 Å². The van der Waals surface area contributed by atoms with Crippen molar-refractivity contribution in [1.29, 1.82) is 0 Å². The van der Waals surface area contributed by atoms with Crippen molar-refractivity contribution in [1.82, 2.24) is 9.62 Å². The Labute approximate surface area is 122 Å². The molecule has 20 heavy (non-hydrogen) atoms. The van der Waals surface area contributed by atoms with Crippen molar-refractivity contribution < 1.29 is 13.2 Å². The molecule has 1 amide bonds. The van der Waals surface area contributed by atoms with E-state index >= 15 is 0 Å². The van der Waals surface area contributed by atoms with Crippen molar-refractivity contribution in [2.24, 2.45) is 11.7 Å². The quantitative estimate of drug-likeness (QED) is 0.707. The molecule has 1 aliphatic heterocycles. The highest BCUT2D eigenvalue weighted by molar-refractivity contribution is 7.89. The molecule has 1 rings (SSSR count). The molecular weight excluding hydrogens is 278 g/mol. The summed E-state index contributed by atoms with van der Waals surface area (Å²) in [6.07, 6.45) is 2.71. The zero-order valence-electron chi connectivity index (χ0n) is 12.5. The maximum atomic E-state index is 11.9. The lowest BCUT2D eigenvalue weighted by Gasteiger charge is -2.32. The molecule has 0 bridgehead atoms. The lowest BCUT2D eigenvalue weighted by atomic mass is 10.0. The van der Waals surface area contributed by atoms with E-state index in [2.05, 4.69) is 5.32 Å². The molecule has 1 fully saturated rings. The summed E-state index contributed by atoms with van der Waals surface area (Å²) in [5, 5.41) is 2.98. The lowest BCUT2D eigenvalue weighted by molar-refractivity contribution is -0.125. The number of carbonyl (C=O) groups excluding carboxylic acids is 1. The molecule has 1 unspecified atom stereocenters. The molecule has 0 aromatic rings. The highest BCUT2D eigenvalue weighted by Crippen LogP contribution is 2.15. The van der Waals surface area contributed by atoms with Crippen molar-refractivity contribution >= 4 is 15.9 Å². The van der Waals surface area contributed by atoms with Crippen LogP contribution in [0.25, 0.3) is 0 Å². The second-order valence-corrected chi connectivity index (χ2v) is 7.43. The standard InChI is InChI=1S/C13H27N3O3S/c1-3-9-20(18,19)16-7-5-12(6-8-16)15-13(17)11(4-2)10-14/h11-12H,3-10,14H2,1-2H3,(H,15,17). The van der Waals surface area contributed by atoms with Gasteiger partial charge >= 0.3 is 0 Å². The summed E-state index contributed by atoms with van der Waals surface area (Å²) in [6, 6.07) is 0.0659. The van der Waals surface area contributed by atoms with E-state index in [0.29, 0.717) is 38.9 Å². The second kappa shape index (κ2) is 7.95. The average Bonchev–Trinajstić information content (AvgIpc) is 2.40. The molecule has 0 saturated carbocycles. The van der Waals surface area contributed by atoms with E-state index in [-0.39, 0.29) is 23.6 Å². The van der Waals surface area contributed by atoms with Gasteiger partial charge in [0.1, 0.15) is 0 Å². The van der Waals surface area contributed by atoms with E-state index in [9.17, 15) is 13.2 Å². The fraction of sp³-hybridized carbons (Fsp3) is 0.923. The number of hydrogen-bond acceptors (Lipinski definition) is 4. The van der Waals surface area contributed by atoms with Gasteiger partial charge in [0.15, 0.2) is 0 Å². The Morgan fingerprint density at radius 2 is 1.95 bits per heavy atom. The largest absolute Gasteiger partial charge is 0.353 e. The van der Waals surface area contributed by atoms with Gasteiger partial charge in [-0.05, 0) is 25.7 Å². The predicted octanol–water partition coefficient (Wildman–Crippen LogP) is 0.292. The van der Waals surface area contributed by atoms with E-state index in [4.69, 9.17) is 5.73 Å². The Morgan fingerprint density at radius 3 is 2.40 bits per heavy atom. The van der Waals surface area contributed by atoms with Crippen molar-refractivity contribution in [2.75, 3.05) is 25.4 Å². The maximum Gasteiger partial charge on any atom is 0.224 e. The Morgan fingerprint density at radius 1 is 1.35 bits per heavy atom. The number of hydrogen-bond donors (Lipinski definition) is 2. The van der Waals surface area contributed by atoms with Crippen LogP contribution >= 0.6 is 0 Å². The summed E-state index contributed by atoms with van der Waals surface area (Å²) >= 11 is 0.